The minimum Gasteiger partial charge on any atom is -0.312 e. The summed E-state index contributed by atoms with van der Waals surface area (Å²) in [7, 11) is 0. The Kier molecular flexibility index (Phi) is 5.76. The summed E-state index contributed by atoms with van der Waals surface area (Å²) in [5, 5.41) is 3.28. The second-order valence-corrected chi connectivity index (χ2v) is 6.46. The fourth-order valence-corrected chi connectivity index (χ4v) is 2.76. The maximum atomic E-state index is 14.1. The summed E-state index contributed by atoms with van der Waals surface area (Å²) in [5.74, 6) is -0.0133. The summed E-state index contributed by atoms with van der Waals surface area (Å²) < 4.78 is 27.2. The minimum atomic E-state index is -0.310. The van der Waals surface area contributed by atoms with Crippen LogP contribution in [-0.2, 0) is 6.54 Å². The lowest BCUT2D eigenvalue weighted by Crippen LogP contribution is -2.18. The van der Waals surface area contributed by atoms with Gasteiger partial charge in [-0.2, -0.15) is 0 Å². The molecule has 0 aliphatic carbocycles. The van der Waals surface area contributed by atoms with E-state index in [1.165, 1.54) is 30.0 Å². The van der Waals surface area contributed by atoms with Crippen LogP contribution in [0.4, 0.5) is 8.78 Å². The number of rotatable bonds is 6. The van der Waals surface area contributed by atoms with Crippen molar-refractivity contribution in [3.8, 4) is 0 Å². The Morgan fingerprint density at radius 2 is 1.90 bits per heavy atom. The zero-order valence-electron chi connectivity index (χ0n) is 12.2. The molecule has 2 rings (SSSR count). The van der Waals surface area contributed by atoms with Crippen LogP contribution in [0.2, 0.25) is 0 Å². The van der Waals surface area contributed by atoms with E-state index in [0.29, 0.717) is 22.3 Å². The van der Waals surface area contributed by atoms with E-state index in [2.05, 4.69) is 19.2 Å². The molecule has 0 heterocycles. The second kappa shape index (κ2) is 7.57. The highest BCUT2D eigenvalue weighted by Crippen LogP contribution is 2.30. The van der Waals surface area contributed by atoms with Crippen LogP contribution in [0.5, 0.6) is 0 Å². The van der Waals surface area contributed by atoms with Crippen LogP contribution in [-0.4, -0.2) is 6.54 Å². The quantitative estimate of drug-likeness (QED) is 0.818. The first-order valence-corrected chi connectivity index (χ1v) is 7.79. The van der Waals surface area contributed by atoms with Gasteiger partial charge in [-0.15, -0.1) is 0 Å². The highest BCUT2D eigenvalue weighted by Gasteiger charge is 2.06. The molecule has 0 unspecified atom stereocenters. The molecule has 0 aliphatic heterocycles. The average Bonchev–Trinajstić information content (AvgIpc) is 2.41. The van der Waals surface area contributed by atoms with E-state index >= 15 is 0 Å². The van der Waals surface area contributed by atoms with E-state index in [1.807, 2.05) is 6.07 Å². The van der Waals surface area contributed by atoms with E-state index in [1.54, 1.807) is 18.2 Å². The molecule has 21 heavy (non-hydrogen) atoms. The molecule has 1 nitrogen and oxygen atoms in total. The van der Waals surface area contributed by atoms with Crippen LogP contribution in [0.25, 0.3) is 0 Å². The van der Waals surface area contributed by atoms with Crippen molar-refractivity contribution in [3.63, 3.8) is 0 Å². The summed E-state index contributed by atoms with van der Waals surface area (Å²) in [6, 6.07) is 11.4. The summed E-state index contributed by atoms with van der Waals surface area (Å²) in [6.45, 7) is 5.82. The van der Waals surface area contributed by atoms with E-state index in [9.17, 15) is 8.78 Å². The molecule has 0 aromatic heterocycles. The highest BCUT2D eigenvalue weighted by atomic mass is 32.2. The number of halogens is 2. The third-order valence-electron chi connectivity index (χ3n) is 2.90. The van der Waals surface area contributed by atoms with E-state index in [-0.39, 0.29) is 11.6 Å². The molecule has 112 valence electrons. The van der Waals surface area contributed by atoms with Crippen molar-refractivity contribution < 1.29 is 8.78 Å². The van der Waals surface area contributed by atoms with Gasteiger partial charge in [-0.3, -0.25) is 0 Å². The Labute approximate surface area is 128 Å². The van der Waals surface area contributed by atoms with Crippen LogP contribution >= 0.6 is 11.8 Å². The summed E-state index contributed by atoms with van der Waals surface area (Å²) in [5.41, 5.74) is 0.914. The van der Waals surface area contributed by atoms with Crippen LogP contribution in [0.15, 0.2) is 52.3 Å². The van der Waals surface area contributed by atoms with Gasteiger partial charge in [-0.25, -0.2) is 8.78 Å². The largest absolute Gasteiger partial charge is 0.312 e. The van der Waals surface area contributed by atoms with Gasteiger partial charge in [-0.1, -0.05) is 37.7 Å². The molecule has 1 N–H and O–H groups in total. The normalized spacial score (nSPS) is 11.1. The average molecular weight is 307 g/mol. The zero-order chi connectivity index (χ0) is 15.2. The molecule has 0 radical (unpaired) electrons. The molecule has 0 bridgehead atoms. The molecule has 0 saturated heterocycles. The smallest absolute Gasteiger partial charge is 0.137 e. The monoisotopic (exact) mass is 307 g/mol. The third-order valence-corrected chi connectivity index (χ3v) is 3.94. The van der Waals surface area contributed by atoms with Crippen molar-refractivity contribution in [2.75, 3.05) is 6.54 Å². The van der Waals surface area contributed by atoms with Crippen molar-refractivity contribution in [2.45, 2.75) is 30.2 Å². The van der Waals surface area contributed by atoms with Gasteiger partial charge in [0, 0.05) is 16.3 Å². The van der Waals surface area contributed by atoms with Crippen molar-refractivity contribution in [2.24, 2.45) is 5.92 Å². The van der Waals surface area contributed by atoms with E-state index in [4.69, 9.17) is 0 Å². The molecule has 4 heteroatoms. The lowest BCUT2D eigenvalue weighted by atomic mass is 10.2. The Hall–Kier alpha value is -1.39. The molecule has 0 atom stereocenters. The molecular formula is C17H19F2NS. The first-order chi connectivity index (χ1) is 10.0. The Bertz CT molecular complexity index is 599. The van der Waals surface area contributed by atoms with Gasteiger partial charge < -0.3 is 5.32 Å². The van der Waals surface area contributed by atoms with Gasteiger partial charge in [0.1, 0.15) is 11.6 Å². The molecule has 0 amide bonds. The van der Waals surface area contributed by atoms with Crippen LogP contribution in [0, 0.1) is 17.6 Å². The van der Waals surface area contributed by atoms with Gasteiger partial charge in [0.15, 0.2) is 0 Å². The van der Waals surface area contributed by atoms with Gasteiger partial charge >= 0.3 is 0 Å². The SMILES string of the molecule is CC(C)CNCc1ccc(Sc2cccc(F)c2)c(F)c1. The number of nitrogens with one attached hydrogen (secondary N) is 1. The van der Waals surface area contributed by atoms with Crippen molar-refractivity contribution in [1.29, 1.82) is 0 Å². The standard InChI is InChI=1S/C17H19F2NS/c1-12(2)10-20-11-13-6-7-17(16(19)8-13)21-15-5-3-4-14(18)9-15/h3-9,12,20H,10-11H2,1-2H3. The lowest BCUT2D eigenvalue weighted by molar-refractivity contribution is 0.548. The molecule has 0 aliphatic rings. The first-order valence-electron chi connectivity index (χ1n) is 6.97. The summed E-state index contributed by atoms with van der Waals surface area (Å²) in [6.07, 6.45) is 0. The predicted octanol–water partition coefficient (Wildman–Crippen LogP) is 4.86. The fourth-order valence-electron chi connectivity index (χ4n) is 1.90. The molecule has 0 saturated carbocycles. The van der Waals surface area contributed by atoms with E-state index in [0.717, 1.165) is 12.1 Å². The Morgan fingerprint density at radius 3 is 2.57 bits per heavy atom. The Morgan fingerprint density at radius 1 is 1.10 bits per heavy atom. The number of hydrogen-bond donors (Lipinski definition) is 1. The predicted molar refractivity (Wildman–Crippen MR) is 83.5 cm³/mol. The maximum Gasteiger partial charge on any atom is 0.137 e. The Balaban J connectivity index is 2.02. The molecule has 0 spiro atoms. The van der Waals surface area contributed by atoms with Crippen LogP contribution in [0.3, 0.4) is 0 Å². The maximum absolute atomic E-state index is 14.1. The van der Waals surface area contributed by atoms with Crippen LogP contribution < -0.4 is 5.32 Å². The molecule has 2 aromatic carbocycles. The first kappa shape index (κ1) is 16.0. The van der Waals surface area contributed by atoms with Crippen LogP contribution in [0.1, 0.15) is 19.4 Å². The highest BCUT2D eigenvalue weighted by molar-refractivity contribution is 7.99. The zero-order valence-corrected chi connectivity index (χ0v) is 13.0. The molecule has 0 fully saturated rings. The second-order valence-electron chi connectivity index (χ2n) is 5.35. The third kappa shape index (κ3) is 5.14. The van der Waals surface area contributed by atoms with Crippen molar-refractivity contribution >= 4 is 11.8 Å². The topological polar surface area (TPSA) is 12.0 Å². The molecular weight excluding hydrogens is 288 g/mol. The fraction of sp³-hybridized carbons (Fsp3) is 0.294. The minimum absolute atomic E-state index is 0.270. The summed E-state index contributed by atoms with van der Waals surface area (Å²) in [4.78, 5) is 1.20. The van der Waals surface area contributed by atoms with Gasteiger partial charge in [-0.05, 0) is 48.4 Å². The summed E-state index contributed by atoms with van der Waals surface area (Å²) >= 11 is 1.23. The van der Waals surface area contributed by atoms with Gasteiger partial charge in [0.25, 0.3) is 0 Å². The lowest BCUT2D eigenvalue weighted by Gasteiger charge is -2.09. The molecule has 2 aromatic rings. The number of benzene rings is 2. The van der Waals surface area contributed by atoms with Gasteiger partial charge in [0.2, 0.25) is 0 Å². The van der Waals surface area contributed by atoms with E-state index < -0.39 is 0 Å². The van der Waals surface area contributed by atoms with Gasteiger partial charge in [0.05, 0.1) is 0 Å². The van der Waals surface area contributed by atoms with Crippen molar-refractivity contribution in [3.05, 3.63) is 59.7 Å². The van der Waals surface area contributed by atoms with Crippen molar-refractivity contribution in [1.82, 2.24) is 5.32 Å². The number of hydrogen-bond acceptors (Lipinski definition) is 2.